The molecule has 5 nitrogen and oxygen atoms in total. The van der Waals surface area contributed by atoms with Gasteiger partial charge in [0.1, 0.15) is 5.82 Å². The Kier molecular flexibility index (Phi) is 2.69. The third-order valence-electron chi connectivity index (χ3n) is 1.38. The standard InChI is InChI=1S/C7H6F3N3O2/c8-7(9,10)15-4-2-13-5(11)1-3(4)6(12)14/h1-2H,(H2,11,13)(H2,12,14). The lowest BCUT2D eigenvalue weighted by molar-refractivity contribution is -0.274. The van der Waals surface area contributed by atoms with Crippen LogP contribution in [0.1, 0.15) is 10.4 Å². The number of pyridine rings is 1. The van der Waals surface area contributed by atoms with E-state index in [-0.39, 0.29) is 5.82 Å². The molecule has 0 saturated heterocycles. The van der Waals surface area contributed by atoms with Gasteiger partial charge in [-0.2, -0.15) is 0 Å². The predicted octanol–water partition coefficient (Wildman–Crippen LogP) is 0.661. The van der Waals surface area contributed by atoms with Crippen LogP contribution in [0.2, 0.25) is 0 Å². The molecule has 0 aliphatic heterocycles. The smallest absolute Gasteiger partial charge is 0.403 e. The van der Waals surface area contributed by atoms with Crippen LogP contribution in [0.4, 0.5) is 19.0 Å². The van der Waals surface area contributed by atoms with Crippen molar-refractivity contribution in [2.24, 2.45) is 5.73 Å². The van der Waals surface area contributed by atoms with Crippen LogP contribution in [0.3, 0.4) is 0 Å². The molecule has 1 heterocycles. The molecule has 1 rings (SSSR count). The number of nitrogen functional groups attached to an aromatic ring is 1. The maximum Gasteiger partial charge on any atom is 0.573 e. The first-order valence-corrected chi connectivity index (χ1v) is 3.60. The maximum absolute atomic E-state index is 11.9. The predicted molar refractivity (Wildman–Crippen MR) is 43.9 cm³/mol. The molecule has 1 amide bonds. The van der Waals surface area contributed by atoms with Crippen molar-refractivity contribution in [1.82, 2.24) is 4.98 Å². The zero-order chi connectivity index (χ0) is 11.6. The summed E-state index contributed by atoms with van der Waals surface area (Å²) in [4.78, 5) is 14.1. The van der Waals surface area contributed by atoms with Crippen LogP contribution in [-0.2, 0) is 0 Å². The Labute approximate surface area is 81.8 Å². The van der Waals surface area contributed by atoms with Gasteiger partial charge in [-0.25, -0.2) is 4.98 Å². The summed E-state index contributed by atoms with van der Waals surface area (Å²) in [5, 5.41) is 0. The van der Waals surface area contributed by atoms with Gasteiger partial charge in [-0.15, -0.1) is 13.2 Å². The number of nitrogens with zero attached hydrogens (tertiary/aromatic N) is 1. The van der Waals surface area contributed by atoms with Gasteiger partial charge in [0, 0.05) is 0 Å². The number of hydrogen-bond donors (Lipinski definition) is 2. The van der Waals surface area contributed by atoms with Gasteiger partial charge < -0.3 is 16.2 Å². The van der Waals surface area contributed by atoms with Gasteiger partial charge in [0.05, 0.1) is 11.8 Å². The van der Waals surface area contributed by atoms with Gasteiger partial charge >= 0.3 is 6.36 Å². The van der Waals surface area contributed by atoms with Crippen LogP contribution in [0, 0.1) is 0 Å². The topological polar surface area (TPSA) is 91.2 Å². The summed E-state index contributed by atoms with van der Waals surface area (Å²) >= 11 is 0. The van der Waals surface area contributed by atoms with Crippen LogP contribution >= 0.6 is 0 Å². The fraction of sp³-hybridized carbons (Fsp3) is 0.143. The second-order valence-electron chi connectivity index (χ2n) is 2.52. The molecule has 0 aliphatic rings. The third kappa shape index (κ3) is 3.01. The van der Waals surface area contributed by atoms with E-state index in [1.165, 1.54) is 0 Å². The molecule has 1 aromatic rings. The van der Waals surface area contributed by atoms with E-state index in [2.05, 4.69) is 9.72 Å². The van der Waals surface area contributed by atoms with Crippen molar-refractivity contribution in [3.8, 4) is 5.75 Å². The molecule has 0 unspecified atom stereocenters. The van der Waals surface area contributed by atoms with Crippen molar-refractivity contribution < 1.29 is 22.7 Å². The summed E-state index contributed by atoms with van der Waals surface area (Å²) in [5.74, 6) is -1.98. The Morgan fingerprint density at radius 3 is 2.53 bits per heavy atom. The van der Waals surface area contributed by atoms with E-state index in [9.17, 15) is 18.0 Å². The van der Waals surface area contributed by atoms with Crippen LogP contribution < -0.4 is 16.2 Å². The fourth-order valence-electron chi connectivity index (χ4n) is 0.858. The minimum atomic E-state index is -4.91. The van der Waals surface area contributed by atoms with Crippen LogP contribution in [0.15, 0.2) is 12.3 Å². The van der Waals surface area contributed by atoms with E-state index in [0.29, 0.717) is 6.20 Å². The first-order valence-electron chi connectivity index (χ1n) is 3.60. The van der Waals surface area contributed by atoms with Gasteiger partial charge in [0.2, 0.25) is 0 Å². The number of hydrogen-bond acceptors (Lipinski definition) is 4. The van der Waals surface area contributed by atoms with Gasteiger partial charge in [0.15, 0.2) is 5.75 Å². The zero-order valence-corrected chi connectivity index (χ0v) is 7.21. The highest BCUT2D eigenvalue weighted by molar-refractivity contribution is 5.96. The molecule has 0 saturated carbocycles. The van der Waals surface area contributed by atoms with E-state index in [1.54, 1.807) is 0 Å². The number of halogens is 3. The van der Waals surface area contributed by atoms with Crippen molar-refractivity contribution in [3.63, 3.8) is 0 Å². The monoisotopic (exact) mass is 221 g/mol. The molecule has 0 aromatic carbocycles. The van der Waals surface area contributed by atoms with Crippen molar-refractivity contribution in [2.45, 2.75) is 6.36 Å². The molecule has 4 N–H and O–H groups in total. The summed E-state index contributed by atoms with van der Waals surface area (Å²) in [6, 6.07) is 0.906. The largest absolute Gasteiger partial charge is 0.573 e. The molecule has 8 heteroatoms. The third-order valence-corrected chi connectivity index (χ3v) is 1.38. The summed E-state index contributed by atoms with van der Waals surface area (Å²) < 4.78 is 39.1. The minimum Gasteiger partial charge on any atom is -0.403 e. The lowest BCUT2D eigenvalue weighted by atomic mass is 10.2. The summed E-state index contributed by atoms with van der Waals surface area (Å²) in [7, 11) is 0. The molecule has 0 spiro atoms. The highest BCUT2D eigenvalue weighted by atomic mass is 19.4. The Bertz CT molecular complexity index is 392. The Morgan fingerprint density at radius 1 is 1.47 bits per heavy atom. The number of aromatic nitrogens is 1. The number of rotatable bonds is 2. The average Bonchev–Trinajstić information content (AvgIpc) is 2.05. The Balaban J connectivity index is 3.12. The number of nitrogens with two attached hydrogens (primary N) is 2. The highest BCUT2D eigenvalue weighted by Gasteiger charge is 2.33. The minimum absolute atomic E-state index is 0.127. The summed E-state index contributed by atoms with van der Waals surface area (Å²) in [5.41, 5.74) is 9.53. The first-order chi connectivity index (χ1) is 6.79. The molecule has 1 aromatic heterocycles. The molecule has 0 radical (unpaired) electrons. The molecular formula is C7H6F3N3O2. The second-order valence-corrected chi connectivity index (χ2v) is 2.52. The first kappa shape index (κ1) is 11.1. The number of carbonyl (C=O) groups is 1. The number of amides is 1. The molecule has 0 bridgehead atoms. The van der Waals surface area contributed by atoms with Crippen LogP contribution in [0.25, 0.3) is 0 Å². The van der Waals surface area contributed by atoms with Crippen molar-refractivity contribution in [2.75, 3.05) is 5.73 Å². The number of alkyl halides is 3. The summed E-state index contributed by atoms with van der Waals surface area (Å²) in [6.45, 7) is 0. The Morgan fingerprint density at radius 2 is 2.07 bits per heavy atom. The SMILES string of the molecule is NC(=O)c1cc(N)ncc1OC(F)(F)F. The zero-order valence-electron chi connectivity index (χ0n) is 7.21. The van der Waals surface area contributed by atoms with E-state index < -0.39 is 23.6 Å². The van der Waals surface area contributed by atoms with Gasteiger partial charge in [-0.05, 0) is 6.07 Å². The van der Waals surface area contributed by atoms with Gasteiger partial charge in [-0.1, -0.05) is 0 Å². The molecule has 0 fully saturated rings. The van der Waals surface area contributed by atoms with E-state index in [4.69, 9.17) is 11.5 Å². The second kappa shape index (κ2) is 3.64. The van der Waals surface area contributed by atoms with E-state index >= 15 is 0 Å². The number of ether oxygens (including phenoxy) is 1. The number of primary amides is 1. The number of carbonyl (C=O) groups excluding carboxylic acids is 1. The van der Waals surface area contributed by atoms with Gasteiger partial charge in [0.25, 0.3) is 5.91 Å². The van der Waals surface area contributed by atoms with Crippen molar-refractivity contribution in [1.29, 1.82) is 0 Å². The molecule has 82 valence electrons. The molecule has 15 heavy (non-hydrogen) atoms. The summed E-state index contributed by atoms with van der Waals surface area (Å²) in [6.07, 6.45) is -4.23. The van der Waals surface area contributed by atoms with E-state index in [1.807, 2.05) is 0 Å². The van der Waals surface area contributed by atoms with Crippen LogP contribution in [0.5, 0.6) is 5.75 Å². The quantitative estimate of drug-likeness (QED) is 0.767. The average molecular weight is 221 g/mol. The number of anilines is 1. The highest BCUT2D eigenvalue weighted by Crippen LogP contribution is 2.26. The molecular weight excluding hydrogens is 215 g/mol. The molecule has 0 aliphatic carbocycles. The fourth-order valence-corrected chi connectivity index (χ4v) is 0.858. The van der Waals surface area contributed by atoms with Crippen molar-refractivity contribution in [3.05, 3.63) is 17.8 Å². The molecule has 0 atom stereocenters. The van der Waals surface area contributed by atoms with Crippen molar-refractivity contribution >= 4 is 11.7 Å². The maximum atomic E-state index is 11.9. The van der Waals surface area contributed by atoms with Crippen LogP contribution in [-0.4, -0.2) is 17.3 Å². The lowest BCUT2D eigenvalue weighted by Gasteiger charge is -2.11. The van der Waals surface area contributed by atoms with Gasteiger partial charge in [-0.3, -0.25) is 4.79 Å². The van der Waals surface area contributed by atoms with E-state index in [0.717, 1.165) is 6.07 Å². The normalized spacial score (nSPS) is 11.1. The Hall–Kier alpha value is -1.99. The lowest BCUT2D eigenvalue weighted by Crippen LogP contribution is -2.21.